The number of ether oxygens (including phenoxy) is 1. The Balaban J connectivity index is 1.43. The first-order valence-corrected chi connectivity index (χ1v) is 11.6. The summed E-state index contributed by atoms with van der Waals surface area (Å²) in [5.74, 6) is -0.176. The molecule has 0 radical (unpaired) electrons. The summed E-state index contributed by atoms with van der Waals surface area (Å²) < 4.78 is 5.94. The van der Waals surface area contributed by atoms with Crippen molar-refractivity contribution < 1.29 is 19.7 Å². The third-order valence-electron chi connectivity index (χ3n) is 6.39. The molecule has 5 nitrogen and oxygen atoms in total. The van der Waals surface area contributed by atoms with Gasteiger partial charge in [0.1, 0.15) is 0 Å². The number of β-amino-alcohol motifs (C(OH)–C–C–N with tert-alkyl or cyclic N) is 1. The molecule has 0 spiro atoms. The van der Waals surface area contributed by atoms with Crippen LogP contribution in [0.25, 0.3) is 0 Å². The highest BCUT2D eigenvalue weighted by molar-refractivity contribution is 5.67. The minimum Gasteiger partial charge on any atom is -0.481 e. The van der Waals surface area contributed by atoms with E-state index in [1.165, 1.54) is 11.1 Å². The van der Waals surface area contributed by atoms with Crippen LogP contribution in [0.5, 0.6) is 0 Å². The van der Waals surface area contributed by atoms with Gasteiger partial charge < -0.3 is 20.3 Å². The summed E-state index contributed by atoms with van der Waals surface area (Å²) in [6.45, 7) is 7.05. The Morgan fingerprint density at radius 3 is 2.41 bits per heavy atom. The van der Waals surface area contributed by atoms with Gasteiger partial charge in [-0.1, -0.05) is 48.5 Å². The topological polar surface area (TPSA) is 78.8 Å². The predicted octanol–water partition coefficient (Wildman–Crippen LogP) is 4.32. The Bertz CT molecular complexity index is 870. The van der Waals surface area contributed by atoms with E-state index in [4.69, 9.17) is 9.84 Å². The Kier molecular flexibility index (Phi) is 8.46. The molecule has 0 heterocycles. The van der Waals surface area contributed by atoms with Gasteiger partial charge in [-0.25, -0.2) is 0 Å². The summed E-state index contributed by atoms with van der Waals surface area (Å²) in [7, 11) is 0. The highest BCUT2D eigenvalue weighted by Crippen LogP contribution is 2.32. The number of carboxylic acid groups (broad SMARTS) is 1. The predicted molar refractivity (Wildman–Crippen MR) is 127 cm³/mol. The second-order valence-electron chi connectivity index (χ2n) is 9.73. The van der Waals surface area contributed by atoms with Crippen LogP contribution in [-0.2, 0) is 28.8 Å². The quantitative estimate of drug-likeness (QED) is 0.459. The molecule has 0 saturated carbocycles. The molecule has 0 aromatic heterocycles. The molecule has 2 aromatic carbocycles. The van der Waals surface area contributed by atoms with E-state index in [-0.39, 0.29) is 24.7 Å². The van der Waals surface area contributed by atoms with Gasteiger partial charge in [0.05, 0.1) is 18.8 Å². The van der Waals surface area contributed by atoms with E-state index in [1.807, 2.05) is 31.2 Å². The molecule has 0 fully saturated rings. The molecule has 0 aliphatic heterocycles. The molecule has 3 N–H and O–H groups in total. The van der Waals surface area contributed by atoms with Crippen molar-refractivity contribution >= 4 is 5.97 Å². The lowest BCUT2D eigenvalue weighted by atomic mass is 9.88. The highest BCUT2D eigenvalue weighted by atomic mass is 16.5. The lowest BCUT2D eigenvalue weighted by molar-refractivity contribution is -0.136. The van der Waals surface area contributed by atoms with Crippen molar-refractivity contribution in [3.63, 3.8) is 0 Å². The molecule has 1 aliphatic carbocycles. The molecule has 0 unspecified atom stereocenters. The molecular weight excluding hydrogens is 402 g/mol. The van der Waals surface area contributed by atoms with Gasteiger partial charge in [-0.15, -0.1) is 0 Å². The van der Waals surface area contributed by atoms with Gasteiger partial charge in [-0.2, -0.15) is 0 Å². The fourth-order valence-corrected chi connectivity index (χ4v) is 4.79. The van der Waals surface area contributed by atoms with Crippen LogP contribution >= 0.6 is 0 Å². The number of carbonyl (C=O) groups is 1. The van der Waals surface area contributed by atoms with E-state index in [0.717, 1.165) is 30.4 Å². The number of aliphatic carboxylic acids is 1. The van der Waals surface area contributed by atoms with E-state index >= 15 is 0 Å². The lowest BCUT2D eigenvalue weighted by Crippen LogP contribution is -2.45. The number of carboxylic acids is 1. The third kappa shape index (κ3) is 7.16. The van der Waals surface area contributed by atoms with E-state index in [1.54, 1.807) is 0 Å². The van der Waals surface area contributed by atoms with Crippen molar-refractivity contribution in [1.29, 1.82) is 0 Å². The summed E-state index contributed by atoms with van der Waals surface area (Å²) >= 11 is 0. The fourth-order valence-electron chi connectivity index (χ4n) is 4.79. The first-order valence-electron chi connectivity index (χ1n) is 11.6. The Labute approximate surface area is 191 Å². The minimum atomic E-state index is -0.807. The zero-order valence-corrected chi connectivity index (χ0v) is 19.5. The van der Waals surface area contributed by atoms with Gasteiger partial charge in [0.15, 0.2) is 0 Å². The normalized spacial score (nSPS) is 16.0. The molecule has 32 heavy (non-hydrogen) atoms. The second kappa shape index (κ2) is 11.1. The number of nitrogens with one attached hydrogen (secondary N) is 1. The molecule has 3 rings (SSSR count). The molecule has 174 valence electrons. The number of rotatable bonds is 12. The van der Waals surface area contributed by atoms with Crippen molar-refractivity contribution in [2.45, 2.75) is 70.6 Å². The van der Waals surface area contributed by atoms with E-state index in [9.17, 15) is 9.90 Å². The molecule has 0 bridgehead atoms. The van der Waals surface area contributed by atoms with Crippen LogP contribution in [0.15, 0.2) is 48.5 Å². The van der Waals surface area contributed by atoms with Gasteiger partial charge in [0.25, 0.3) is 0 Å². The monoisotopic (exact) mass is 439 g/mol. The van der Waals surface area contributed by atoms with E-state index in [2.05, 4.69) is 43.4 Å². The standard InChI is InChI=1S/C27H37NO4/c1-19(25-11-7-6-8-21(25)12-13-26(30)31)32-18-24(29)17-28-27(2,3)16-20-14-22-9-4-5-10-23(22)15-20/h4-11,19-20,24,28-29H,12-18H2,1-3H3,(H,30,31)/t19-,24-/m1/s1. The molecule has 1 aliphatic rings. The molecule has 2 atom stereocenters. The van der Waals surface area contributed by atoms with Crippen LogP contribution in [0.3, 0.4) is 0 Å². The number of fused-ring (bicyclic) bond motifs is 1. The Morgan fingerprint density at radius 1 is 1.12 bits per heavy atom. The molecule has 0 amide bonds. The van der Waals surface area contributed by atoms with Crippen molar-refractivity contribution in [1.82, 2.24) is 5.32 Å². The number of aliphatic hydroxyl groups is 1. The number of aryl methyl sites for hydroxylation is 1. The third-order valence-corrected chi connectivity index (χ3v) is 6.39. The maximum atomic E-state index is 10.9. The molecule has 5 heteroatoms. The average Bonchev–Trinajstić information content (AvgIpc) is 3.16. The number of hydrogen-bond donors (Lipinski definition) is 3. The van der Waals surface area contributed by atoms with Crippen LogP contribution in [0, 0.1) is 5.92 Å². The number of hydrogen-bond acceptors (Lipinski definition) is 4. The van der Waals surface area contributed by atoms with Gasteiger partial charge in [-0.3, -0.25) is 4.79 Å². The van der Waals surface area contributed by atoms with Crippen molar-refractivity contribution in [2.24, 2.45) is 5.92 Å². The smallest absolute Gasteiger partial charge is 0.303 e. The Morgan fingerprint density at radius 2 is 1.75 bits per heavy atom. The average molecular weight is 440 g/mol. The van der Waals surface area contributed by atoms with Crippen LogP contribution < -0.4 is 5.32 Å². The SMILES string of the molecule is C[C@@H](OC[C@H](O)CNC(C)(C)CC1Cc2ccccc2C1)c1ccccc1CCC(=O)O. The summed E-state index contributed by atoms with van der Waals surface area (Å²) in [4.78, 5) is 10.9. The van der Waals surface area contributed by atoms with Crippen LogP contribution in [0.4, 0.5) is 0 Å². The maximum absolute atomic E-state index is 10.9. The van der Waals surface area contributed by atoms with E-state index in [0.29, 0.717) is 18.9 Å². The molecular formula is C27H37NO4. The highest BCUT2D eigenvalue weighted by Gasteiger charge is 2.28. The summed E-state index contributed by atoms with van der Waals surface area (Å²) in [6, 6.07) is 16.5. The summed E-state index contributed by atoms with van der Waals surface area (Å²) in [5, 5.41) is 23.0. The first-order chi connectivity index (χ1) is 15.2. The number of benzene rings is 2. The zero-order chi connectivity index (χ0) is 23.1. The molecule has 0 saturated heterocycles. The second-order valence-corrected chi connectivity index (χ2v) is 9.73. The van der Waals surface area contributed by atoms with Crippen molar-refractivity contribution in [3.05, 3.63) is 70.8 Å². The summed E-state index contributed by atoms with van der Waals surface area (Å²) in [6.07, 6.45) is 3.07. The van der Waals surface area contributed by atoms with Crippen molar-refractivity contribution in [3.8, 4) is 0 Å². The van der Waals surface area contributed by atoms with Gasteiger partial charge in [-0.05, 0) is 74.6 Å². The van der Waals surface area contributed by atoms with Gasteiger partial charge in [0.2, 0.25) is 0 Å². The zero-order valence-electron chi connectivity index (χ0n) is 19.5. The first kappa shape index (κ1) is 24.4. The molecule has 2 aromatic rings. The van der Waals surface area contributed by atoms with Crippen molar-refractivity contribution in [2.75, 3.05) is 13.2 Å². The fraction of sp³-hybridized carbons (Fsp3) is 0.519. The summed E-state index contributed by atoms with van der Waals surface area (Å²) in [5.41, 5.74) is 4.84. The van der Waals surface area contributed by atoms with E-state index < -0.39 is 12.1 Å². The van der Waals surface area contributed by atoms with Gasteiger partial charge in [0, 0.05) is 18.5 Å². The lowest BCUT2D eigenvalue weighted by Gasteiger charge is -2.31. The minimum absolute atomic E-state index is 0.0667. The Hall–Kier alpha value is -2.21. The largest absolute Gasteiger partial charge is 0.481 e. The number of aliphatic hydroxyl groups excluding tert-OH is 1. The maximum Gasteiger partial charge on any atom is 0.303 e. The van der Waals surface area contributed by atoms with Crippen LogP contribution in [0.2, 0.25) is 0 Å². The van der Waals surface area contributed by atoms with Crippen LogP contribution in [0.1, 0.15) is 62.0 Å². The van der Waals surface area contributed by atoms with Crippen LogP contribution in [-0.4, -0.2) is 41.0 Å². The van der Waals surface area contributed by atoms with Gasteiger partial charge >= 0.3 is 5.97 Å².